The molecule has 6 heteroatoms. The summed E-state index contributed by atoms with van der Waals surface area (Å²) in [6.45, 7) is 2.06. The second-order valence-corrected chi connectivity index (χ2v) is 5.25. The van der Waals surface area contributed by atoms with Gasteiger partial charge in [0.1, 0.15) is 0 Å². The Balaban J connectivity index is 2.04. The minimum atomic E-state index is -0.405. The highest BCUT2D eigenvalue weighted by molar-refractivity contribution is 7.14. The van der Waals surface area contributed by atoms with E-state index in [1.165, 1.54) is 23.3 Å². The van der Waals surface area contributed by atoms with E-state index in [1.54, 1.807) is 16.7 Å². The van der Waals surface area contributed by atoms with E-state index < -0.39 is 5.97 Å². The van der Waals surface area contributed by atoms with E-state index in [9.17, 15) is 4.79 Å². The maximum Gasteiger partial charge on any atom is 0.357 e. The van der Waals surface area contributed by atoms with Gasteiger partial charge in [0.25, 0.3) is 0 Å². The number of anilines is 1. The van der Waals surface area contributed by atoms with Crippen LogP contribution in [0.15, 0.2) is 22.9 Å². The molecule has 4 nitrogen and oxygen atoms in total. The third-order valence-corrected chi connectivity index (χ3v) is 4.04. The number of thiophene rings is 1. The van der Waals surface area contributed by atoms with E-state index in [2.05, 4.69) is 28.0 Å². The van der Waals surface area contributed by atoms with Crippen molar-refractivity contribution in [3.8, 4) is 0 Å². The van der Waals surface area contributed by atoms with Crippen molar-refractivity contribution in [2.45, 2.75) is 13.0 Å². The second kappa shape index (κ2) is 5.29. The predicted octanol–water partition coefficient (Wildman–Crippen LogP) is 3.16. The van der Waals surface area contributed by atoms with Gasteiger partial charge in [-0.15, -0.1) is 22.7 Å². The number of hydrogen-bond donors (Lipinski definition) is 1. The number of esters is 1. The van der Waals surface area contributed by atoms with Gasteiger partial charge in [-0.2, -0.15) is 0 Å². The topological polar surface area (TPSA) is 51.2 Å². The maximum atomic E-state index is 11.2. The van der Waals surface area contributed by atoms with Gasteiger partial charge in [-0.25, -0.2) is 9.78 Å². The summed E-state index contributed by atoms with van der Waals surface area (Å²) in [5.41, 5.74) is 0.346. The lowest BCUT2D eigenvalue weighted by atomic mass is 10.3. The van der Waals surface area contributed by atoms with Crippen LogP contribution >= 0.6 is 22.7 Å². The lowest BCUT2D eigenvalue weighted by Crippen LogP contribution is -2.06. The standard InChI is InChI=1S/C11H12N2O2S2/c1-7(9-4-3-5-16-9)12-11-13-8(6-17-11)10(14)15-2/h3-7H,1-2H3,(H,12,13). The van der Waals surface area contributed by atoms with Gasteiger partial charge in [-0.05, 0) is 18.4 Å². The van der Waals surface area contributed by atoms with Gasteiger partial charge in [0, 0.05) is 10.3 Å². The fourth-order valence-corrected chi connectivity index (χ4v) is 2.83. The highest BCUT2D eigenvalue weighted by atomic mass is 32.1. The molecule has 2 heterocycles. The summed E-state index contributed by atoms with van der Waals surface area (Å²) in [5.74, 6) is -0.405. The summed E-state index contributed by atoms with van der Waals surface area (Å²) in [6, 6.07) is 4.27. The number of nitrogens with zero attached hydrogens (tertiary/aromatic N) is 1. The van der Waals surface area contributed by atoms with Gasteiger partial charge in [-0.1, -0.05) is 6.07 Å². The molecule has 2 aromatic rings. The van der Waals surface area contributed by atoms with Crippen molar-refractivity contribution < 1.29 is 9.53 Å². The van der Waals surface area contributed by atoms with Crippen LogP contribution in [0, 0.1) is 0 Å². The first-order valence-electron chi connectivity index (χ1n) is 5.04. The Bertz CT molecular complexity index is 493. The third kappa shape index (κ3) is 2.83. The van der Waals surface area contributed by atoms with Crippen LogP contribution in [-0.2, 0) is 4.74 Å². The van der Waals surface area contributed by atoms with Crippen molar-refractivity contribution >= 4 is 33.8 Å². The van der Waals surface area contributed by atoms with Crippen LogP contribution in [0.5, 0.6) is 0 Å². The van der Waals surface area contributed by atoms with Crippen LogP contribution in [-0.4, -0.2) is 18.1 Å². The van der Waals surface area contributed by atoms with Crippen molar-refractivity contribution in [2.24, 2.45) is 0 Å². The fraction of sp³-hybridized carbons (Fsp3) is 0.273. The summed E-state index contributed by atoms with van der Waals surface area (Å²) in [7, 11) is 1.35. The van der Waals surface area contributed by atoms with Gasteiger partial charge in [-0.3, -0.25) is 0 Å². The zero-order valence-electron chi connectivity index (χ0n) is 9.47. The van der Waals surface area contributed by atoms with E-state index in [-0.39, 0.29) is 6.04 Å². The molecule has 2 aromatic heterocycles. The van der Waals surface area contributed by atoms with Crippen LogP contribution in [0.4, 0.5) is 5.13 Å². The zero-order valence-corrected chi connectivity index (χ0v) is 11.1. The normalized spacial score (nSPS) is 12.1. The molecule has 1 N–H and O–H groups in total. The van der Waals surface area contributed by atoms with Crippen LogP contribution in [0.2, 0.25) is 0 Å². The van der Waals surface area contributed by atoms with Crippen molar-refractivity contribution in [3.63, 3.8) is 0 Å². The first-order valence-corrected chi connectivity index (χ1v) is 6.80. The zero-order chi connectivity index (χ0) is 12.3. The molecule has 0 aromatic carbocycles. The van der Waals surface area contributed by atoms with Crippen LogP contribution in [0.3, 0.4) is 0 Å². The minimum absolute atomic E-state index is 0.187. The number of carbonyl (C=O) groups excluding carboxylic acids is 1. The van der Waals surface area contributed by atoms with Crippen molar-refractivity contribution in [1.29, 1.82) is 0 Å². The number of hydrogen-bond acceptors (Lipinski definition) is 6. The number of methoxy groups -OCH3 is 1. The molecule has 0 aliphatic heterocycles. The molecule has 0 bridgehead atoms. The quantitative estimate of drug-likeness (QED) is 0.865. The molecular formula is C11H12N2O2S2. The maximum absolute atomic E-state index is 11.2. The lowest BCUT2D eigenvalue weighted by molar-refractivity contribution is 0.0595. The molecule has 0 amide bonds. The number of aromatic nitrogens is 1. The monoisotopic (exact) mass is 268 g/mol. The second-order valence-electron chi connectivity index (χ2n) is 3.41. The molecule has 0 saturated carbocycles. The van der Waals surface area contributed by atoms with E-state index >= 15 is 0 Å². The first-order chi connectivity index (χ1) is 8.20. The molecule has 1 atom stereocenters. The molecule has 0 radical (unpaired) electrons. The van der Waals surface area contributed by atoms with E-state index in [1.807, 2.05) is 11.4 Å². The van der Waals surface area contributed by atoms with Crippen molar-refractivity contribution in [1.82, 2.24) is 4.98 Å². The number of thiazole rings is 1. The van der Waals surface area contributed by atoms with Gasteiger partial charge in [0.15, 0.2) is 10.8 Å². The summed E-state index contributed by atoms with van der Waals surface area (Å²) in [6.07, 6.45) is 0. The Morgan fingerprint density at radius 2 is 2.35 bits per heavy atom. The summed E-state index contributed by atoms with van der Waals surface area (Å²) in [5, 5.41) is 7.71. The van der Waals surface area contributed by atoms with Crippen molar-refractivity contribution in [3.05, 3.63) is 33.5 Å². The Labute approximate surface area is 107 Å². The van der Waals surface area contributed by atoms with Crippen LogP contribution in [0.25, 0.3) is 0 Å². The van der Waals surface area contributed by atoms with Crippen LogP contribution in [0.1, 0.15) is 28.3 Å². The van der Waals surface area contributed by atoms with E-state index in [0.717, 1.165) is 5.13 Å². The highest BCUT2D eigenvalue weighted by Crippen LogP contribution is 2.25. The number of carbonyl (C=O) groups is 1. The fourth-order valence-electron chi connectivity index (χ4n) is 1.33. The average molecular weight is 268 g/mol. The highest BCUT2D eigenvalue weighted by Gasteiger charge is 2.13. The van der Waals surface area contributed by atoms with E-state index in [4.69, 9.17) is 0 Å². The molecule has 0 saturated heterocycles. The smallest absolute Gasteiger partial charge is 0.357 e. The summed E-state index contributed by atoms with van der Waals surface area (Å²) < 4.78 is 4.61. The van der Waals surface area contributed by atoms with Gasteiger partial charge >= 0.3 is 5.97 Å². The Hall–Kier alpha value is -1.40. The molecule has 0 aliphatic rings. The molecule has 1 unspecified atom stereocenters. The van der Waals surface area contributed by atoms with Gasteiger partial charge < -0.3 is 10.1 Å². The molecule has 90 valence electrons. The Kier molecular flexibility index (Phi) is 3.75. The Morgan fingerprint density at radius 3 is 3.00 bits per heavy atom. The predicted molar refractivity (Wildman–Crippen MR) is 69.8 cm³/mol. The first kappa shape index (κ1) is 12.1. The molecule has 17 heavy (non-hydrogen) atoms. The van der Waals surface area contributed by atoms with Crippen molar-refractivity contribution in [2.75, 3.05) is 12.4 Å². The van der Waals surface area contributed by atoms with Gasteiger partial charge in [0.05, 0.1) is 13.2 Å². The average Bonchev–Trinajstić information content (AvgIpc) is 2.98. The molecule has 0 aliphatic carbocycles. The SMILES string of the molecule is COC(=O)c1csc(NC(C)c2cccs2)n1. The number of ether oxygens (including phenoxy) is 1. The number of nitrogens with one attached hydrogen (secondary N) is 1. The number of rotatable bonds is 4. The Morgan fingerprint density at radius 1 is 1.53 bits per heavy atom. The minimum Gasteiger partial charge on any atom is -0.464 e. The van der Waals surface area contributed by atoms with Crippen LogP contribution < -0.4 is 5.32 Å². The molecule has 0 fully saturated rings. The third-order valence-electron chi connectivity index (χ3n) is 2.21. The summed E-state index contributed by atoms with van der Waals surface area (Å²) >= 11 is 3.09. The largest absolute Gasteiger partial charge is 0.464 e. The lowest BCUT2D eigenvalue weighted by Gasteiger charge is -2.10. The van der Waals surface area contributed by atoms with E-state index in [0.29, 0.717) is 5.69 Å². The molecule has 0 spiro atoms. The van der Waals surface area contributed by atoms with Gasteiger partial charge in [0.2, 0.25) is 0 Å². The molecular weight excluding hydrogens is 256 g/mol. The molecule has 2 rings (SSSR count). The summed E-state index contributed by atoms with van der Waals surface area (Å²) in [4.78, 5) is 16.6.